The molecule has 6 heterocycles. The third-order valence-electron chi connectivity index (χ3n) is 5.33. The number of pyridine rings is 1. The van der Waals surface area contributed by atoms with Crippen LogP contribution in [-0.4, -0.2) is 56.9 Å². The summed E-state index contributed by atoms with van der Waals surface area (Å²) in [5.41, 5.74) is 3.13. The average molecular weight is 467 g/mol. The Kier molecular flexibility index (Phi) is 5.57. The molecular weight excluding hydrogens is 448 g/mol. The molecule has 174 valence electrons. The van der Waals surface area contributed by atoms with E-state index in [-0.39, 0.29) is 23.3 Å². The predicted octanol–water partition coefficient (Wildman–Crippen LogP) is 2.66. The van der Waals surface area contributed by atoms with Crippen LogP contribution in [-0.2, 0) is 20.0 Å². The van der Waals surface area contributed by atoms with Crippen LogP contribution in [0.3, 0.4) is 0 Å². The van der Waals surface area contributed by atoms with Crippen molar-refractivity contribution < 1.29 is 18.0 Å². The molecule has 34 heavy (non-hydrogen) atoms. The fourth-order valence-corrected chi connectivity index (χ4v) is 3.64. The van der Waals surface area contributed by atoms with Gasteiger partial charge in [-0.3, -0.25) is 9.48 Å². The SMILES string of the molecule is Cn1cc(-c2nnc(C(=O)N3CCc4nc[nH]c4C3)o2)cn1.FC(F)c1cccn2nccc12. The lowest BCUT2D eigenvalue weighted by Crippen LogP contribution is -2.36. The summed E-state index contributed by atoms with van der Waals surface area (Å²) in [5, 5.41) is 15.6. The van der Waals surface area contributed by atoms with Crippen molar-refractivity contribution in [1.82, 2.24) is 44.5 Å². The molecule has 0 atom stereocenters. The number of amides is 1. The van der Waals surface area contributed by atoms with E-state index in [9.17, 15) is 13.6 Å². The second-order valence-electron chi connectivity index (χ2n) is 7.54. The molecule has 1 amide bonds. The standard InChI is InChI=1S/C13H13N7O2.C8H6F2N2/c1-19-5-8(4-16-19)11-17-18-12(22-11)13(21)20-3-2-9-10(6-20)15-7-14-9;9-8(10)6-2-1-5-12-7(6)3-4-11-12/h4-5,7H,2-3,6H2,1H3,(H,14,15);1-5,8H. The Bertz CT molecular complexity index is 1430. The Morgan fingerprint density at radius 2 is 2.12 bits per heavy atom. The van der Waals surface area contributed by atoms with Crippen molar-refractivity contribution in [2.75, 3.05) is 6.54 Å². The smallest absolute Gasteiger partial charge is 0.311 e. The summed E-state index contributed by atoms with van der Waals surface area (Å²) in [7, 11) is 1.79. The van der Waals surface area contributed by atoms with Crippen LogP contribution in [0.2, 0.25) is 0 Å². The van der Waals surface area contributed by atoms with E-state index in [1.54, 1.807) is 53.7 Å². The molecule has 0 spiro atoms. The number of nitrogens with one attached hydrogen (secondary N) is 1. The number of hydrogen-bond donors (Lipinski definition) is 1. The molecule has 0 radical (unpaired) electrons. The molecule has 0 bridgehead atoms. The zero-order chi connectivity index (χ0) is 23.7. The highest BCUT2D eigenvalue weighted by Gasteiger charge is 2.27. The second-order valence-corrected chi connectivity index (χ2v) is 7.54. The molecule has 0 saturated heterocycles. The van der Waals surface area contributed by atoms with Crippen LogP contribution in [0, 0.1) is 0 Å². The summed E-state index contributed by atoms with van der Waals surface area (Å²) in [6.45, 7) is 1.06. The maximum atomic E-state index is 12.5. The number of rotatable bonds is 3. The van der Waals surface area contributed by atoms with Crippen molar-refractivity contribution in [3.8, 4) is 11.5 Å². The van der Waals surface area contributed by atoms with Crippen LogP contribution < -0.4 is 0 Å². The lowest BCUT2D eigenvalue weighted by molar-refractivity contribution is 0.0692. The average Bonchev–Trinajstić information content (AvgIpc) is 3.64. The number of aromatic amines is 1. The highest BCUT2D eigenvalue weighted by atomic mass is 19.3. The summed E-state index contributed by atoms with van der Waals surface area (Å²) in [5.74, 6) is 0.000368. The van der Waals surface area contributed by atoms with Gasteiger partial charge in [0.2, 0.25) is 0 Å². The molecule has 13 heteroatoms. The molecule has 6 rings (SSSR count). The van der Waals surface area contributed by atoms with E-state index in [0.29, 0.717) is 30.6 Å². The van der Waals surface area contributed by atoms with E-state index >= 15 is 0 Å². The quantitative estimate of drug-likeness (QED) is 0.433. The molecule has 1 N–H and O–H groups in total. The third-order valence-corrected chi connectivity index (χ3v) is 5.33. The summed E-state index contributed by atoms with van der Waals surface area (Å²) in [6, 6.07) is 4.53. The number of nitrogens with zero attached hydrogens (tertiary/aromatic N) is 8. The van der Waals surface area contributed by atoms with E-state index < -0.39 is 6.43 Å². The number of imidazole rings is 1. The number of carbonyl (C=O) groups excluding carboxylic acids is 1. The first-order chi connectivity index (χ1) is 16.5. The van der Waals surface area contributed by atoms with E-state index in [2.05, 4.69) is 30.4 Å². The number of hydrogen-bond acceptors (Lipinski definition) is 7. The van der Waals surface area contributed by atoms with E-state index in [0.717, 1.165) is 11.4 Å². The first-order valence-corrected chi connectivity index (χ1v) is 10.3. The molecule has 5 aromatic heterocycles. The number of carbonyl (C=O) groups is 1. The Balaban J connectivity index is 0.000000169. The van der Waals surface area contributed by atoms with Gasteiger partial charge in [0.05, 0.1) is 41.5 Å². The van der Waals surface area contributed by atoms with Gasteiger partial charge in [0, 0.05) is 44.2 Å². The van der Waals surface area contributed by atoms with Gasteiger partial charge in [-0.25, -0.2) is 18.3 Å². The molecule has 11 nitrogen and oxygen atoms in total. The molecule has 0 aliphatic carbocycles. The Morgan fingerprint density at radius 3 is 2.91 bits per heavy atom. The summed E-state index contributed by atoms with van der Waals surface area (Å²) in [6.07, 6.45) is 6.42. The highest BCUT2D eigenvalue weighted by Crippen LogP contribution is 2.23. The van der Waals surface area contributed by atoms with Gasteiger partial charge in [-0.1, -0.05) is 0 Å². The van der Waals surface area contributed by atoms with E-state index in [1.807, 2.05) is 0 Å². The van der Waals surface area contributed by atoms with Gasteiger partial charge in [-0.2, -0.15) is 10.2 Å². The van der Waals surface area contributed by atoms with Gasteiger partial charge in [-0.05, 0) is 18.2 Å². The van der Waals surface area contributed by atoms with Crippen LogP contribution in [0.25, 0.3) is 17.0 Å². The van der Waals surface area contributed by atoms with Crippen molar-refractivity contribution in [1.29, 1.82) is 0 Å². The van der Waals surface area contributed by atoms with Gasteiger partial charge < -0.3 is 14.3 Å². The van der Waals surface area contributed by atoms with Crippen LogP contribution in [0.1, 0.15) is 34.1 Å². The molecule has 1 aliphatic heterocycles. The van der Waals surface area contributed by atoms with Gasteiger partial charge in [0.15, 0.2) is 0 Å². The maximum absolute atomic E-state index is 12.5. The lowest BCUT2D eigenvalue weighted by Gasteiger charge is -2.24. The third kappa shape index (κ3) is 4.14. The number of fused-ring (bicyclic) bond motifs is 2. The molecule has 1 aliphatic rings. The minimum Gasteiger partial charge on any atom is -0.412 e. The monoisotopic (exact) mass is 467 g/mol. The first-order valence-electron chi connectivity index (χ1n) is 10.3. The molecule has 0 saturated carbocycles. The largest absolute Gasteiger partial charge is 0.412 e. The van der Waals surface area contributed by atoms with Gasteiger partial charge in [0.25, 0.3) is 12.3 Å². The van der Waals surface area contributed by atoms with Crippen LogP contribution in [0.5, 0.6) is 0 Å². The first kappa shape index (κ1) is 21.4. The fourth-order valence-electron chi connectivity index (χ4n) is 3.64. The van der Waals surface area contributed by atoms with Crippen molar-refractivity contribution in [2.24, 2.45) is 7.05 Å². The maximum Gasteiger partial charge on any atom is 0.311 e. The Hall–Kier alpha value is -4.42. The fraction of sp³-hybridized carbons (Fsp3) is 0.238. The van der Waals surface area contributed by atoms with Crippen molar-refractivity contribution >= 4 is 11.4 Å². The number of H-pyrrole nitrogens is 1. The zero-order valence-corrected chi connectivity index (χ0v) is 18.0. The minimum absolute atomic E-state index is 0.0122. The van der Waals surface area contributed by atoms with Crippen molar-refractivity contribution in [3.05, 3.63) is 72.2 Å². The number of halogens is 2. The Morgan fingerprint density at radius 1 is 1.24 bits per heavy atom. The van der Waals surface area contributed by atoms with Crippen molar-refractivity contribution in [2.45, 2.75) is 19.4 Å². The van der Waals surface area contributed by atoms with Gasteiger partial charge in [0.1, 0.15) is 0 Å². The van der Waals surface area contributed by atoms with E-state index in [1.165, 1.54) is 16.8 Å². The van der Waals surface area contributed by atoms with Crippen molar-refractivity contribution in [3.63, 3.8) is 0 Å². The van der Waals surface area contributed by atoms with Crippen LogP contribution in [0.15, 0.2) is 53.7 Å². The molecule has 0 fully saturated rings. The van der Waals surface area contributed by atoms with Gasteiger partial charge in [-0.15, -0.1) is 10.2 Å². The minimum atomic E-state index is -2.44. The number of aromatic nitrogens is 8. The highest BCUT2D eigenvalue weighted by molar-refractivity contribution is 5.89. The topological polar surface area (TPSA) is 123 Å². The van der Waals surface area contributed by atoms with Crippen LogP contribution >= 0.6 is 0 Å². The van der Waals surface area contributed by atoms with E-state index in [4.69, 9.17) is 4.42 Å². The normalized spacial score (nSPS) is 13.1. The molecule has 5 aromatic rings. The lowest BCUT2D eigenvalue weighted by atomic mass is 10.1. The second kappa shape index (κ2) is 8.84. The Labute approximate surface area is 191 Å². The molecular formula is C21H19F2N9O2. The van der Waals surface area contributed by atoms with Crippen LogP contribution in [0.4, 0.5) is 8.78 Å². The number of aryl methyl sites for hydroxylation is 1. The summed E-state index contributed by atoms with van der Waals surface area (Å²) < 4.78 is 33.2. The summed E-state index contributed by atoms with van der Waals surface area (Å²) >= 11 is 0. The zero-order valence-electron chi connectivity index (χ0n) is 18.0. The summed E-state index contributed by atoms with van der Waals surface area (Å²) in [4.78, 5) is 21.4. The van der Waals surface area contributed by atoms with Gasteiger partial charge >= 0.3 is 11.8 Å². The number of alkyl halides is 2. The molecule has 0 unspecified atom stereocenters. The molecule has 0 aromatic carbocycles. The predicted molar refractivity (Wildman–Crippen MR) is 114 cm³/mol.